The largest absolute Gasteiger partial charge is 0.256 e. The topological polar surface area (TPSA) is 6.48 Å². The molecule has 0 aromatic rings. The van der Waals surface area contributed by atoms with Crippen LogP contribution in [0.3, 0.4) is 0 Å². The summed E-state index contributed by atoms with van der Waals surface area (Å²) in [6, 6.07) is 0. The first-order chi connectivity index (χ1) is 7.21. The summed E-state index contributed by atoms with van der Waals surface area (Å²) >= 11 is 0. The quantitative estimate of drug-likeness (QED) is 0.720. The van der Waals surface area contributed by atoms with Crippen LogP contribution in [-0.2, 0) is 0 Å². The summed E-state index contributed by atoms with van der Waals surface area (Å²) in [5.74, 6) is 0. The van der Waals surface area contributed by atoms with E-state index in [0.717, 1.165) is 0 Å². The predicted octanol–water partition coefficient (Wildman–Crippen LogP) is 2.85. The second-order valence-corrected chi connectivity index (χ2v) is 8.67. The third-order valence-corrected chi connectivity index (χ3v) is 7.15. The Kier molecular flexibility index (Phi) is 3.97. The van der Waals surface area contributed by atoms with Crippen molar-refractivity contribution in [3.63, 3.8) is 0 Å². The Morgan fingerprint density at radius 2 is 0.933 bits per heavy atom. The lowest BCUT2D eigenvalue weighted by molar-refractivity contribution is 0.318. The van der Waals surface area contributed by atoms with E-state index in [9.17, 15) is 0 Å². The van der Waals surface area contributed by atoms with Crippen molar-refractivity contribution in [2.45, 2.75) is 38.5 Å². The molecule has 0 aromatic heterocycles. The molecular formula is C12H26N2S. The Labute approximate surface area is 96.6 Å². The van der Waals surface area contributed by atoms with Crippen molar-refractivity contribution < 1.29 is 0 Å². The van der Waals surface area contributed by atoms with E-state index in [1.165, 1.54) is 64.7 Å². The molecule has 2 aliphatic heterocycles. The van der Waals surface area contributed by atoms with Crippen LogP contribution in [0.2, 0.25) is 0 Å². The van der Waals surface area contributed by atoms with Gasteiger partial charge in [0.1, 0.15) is 0 Å². The standard InChI is InChI=1S/C12H26N2S/c1-15(2,13-9-5-3-6-10-13)14-11-7-4-8-12-14/h3-12H2,1-2H3. The maximum Gasteiger partial charge on any atom is 0.00853 e. The average Bonchev–Trinajstić information content (AvgIpc) is 2.31. The fourth-order valence-corrected chi connectivity index (χ4v) is 5.42. The first kappa shape index (κ1) is 11.7. The van der Waals surface area contributed by atoms with Gasteiger partial charge in [0, 0.05) is 26.2 Å². The number of nitrogens with zero attached hydrogens (tertiary/aromatic N) is 2. The van der Waals surface area contributed by atoms with Gasteiger partial charge in [-0.1, -0.05) is 12.8 Å². The van der Waals surface area contributed by atoms with E-state index >= 15 is 0 Å². The Hall–Kier alpha value is 0.270. The molecule has 0 amide bonds. The number of hydrogen-bond acceptors (Lipinski definition) is 2. The molecule has 0 radical (unpaired) electrons. The van der Waals surface area contributed by atoms with E-state index in [1.54, 1.807) is 0 Å². The molecule has 2 nitrogen and oxygen atoms in total. The van der Waals surface area contributed by atoms with Crippen molar-refractivity contribution >= 4 is 10.4 Å². The molecule has 0 bridgehead atoms. The van der Waals surface area contributed by atoms with Gasteiger partial charge in [-0.2, -0.15) is 0 Å². The lowest BCUT2D eigenvalue weighted by atomic mass is 10.2. The number of piperidine rings is 2. The molecule has 0 atom stereocenters. The predicted molar refractivity (Wildman–Crippen MR) is 70.3 cm³/mol. The summed E-state index contributed by atoms with van der Waals surface area (Å²) < 4.78 is 5.56. The van der Waals surface area contributed by atoms with Crippen LogP contribution in [0.15, 0.2) is 0 Å². The maximum absolute atomic E-state index is 2.78. The minimum atomic E-state index is -0.618. The van der Waals surface area contributed by atoms with Crippen molar-refractivity contribution in [3.8, 4) is 0 Å². The summed E-state index contributed by atoms with van der Waals surface area (Å²) in [7, 11) is -0.618. The van der Waals surface area contributed by atoms with Crippen LogP contribution in [-0.4, -0.2) is 47.3 Å². The van der Waals surface area contributed by atoms with E-state index in [0.29, 0.717) is 0 Å². The van der Waals surface area contributed by atoms with Crippen molar-refractivity contribution in [1.29, 1.82) is 0 Å². The van der Waals surface area contributed by atoms with Crippen molar-refractivity contribution in [3.05, 3.63) is 0 Å². The normalized spacial score (nSPS) is 27.9. The molecule has 0 unspecified atom stereocenters. The van der Waals surface area contributed by atoms with Gasteiger partial charge >= 0.3 is 0 Å². The molecule has 2 rings (SSSR count). The molecule has 2 fully saturated rings. The van der Waals surface area contributed by atoms with E-state index in [2.05, 4.69) is 21.1 Å². The average molecular weight is 230 g/mol. The Morgan fingerprint density at radius 1 is 0.600 bits per heavy atom. The molecule has 0 N–H and O–H groups in total. The molecular weight excluding hydrogens is 204 g/mol. The van der Waals surface area contributed by atoms with E-state index in [4.69, 9.17) is 0 Å². The van der Waals surface area contributed by atoms with Crippen LogP contribution in [0, 0.1) is 0 Å². The zero-order chi connectivity index (χ0) is 10.7. The van der Waals surface area contributed by atoms with Gasteiger partial charge in [0.2, 0.25) is 0 Å². The summed E-state index contributed by atoms with van der Waals surface area (Å²) in [4.78, 5) is 0. The molecule has 2 saturated heterocycles. The van der Waals surface area contributed by atoms with Gasteiger partial charge in [0.25, 0.3) is 0 Å². The molecule has 2 heterocycles. The minimum Gasteiger partial charge on any atom is -0.256 e. The highest BCUT2D eigenvalue weighted by atomic mass is 32.3. The highest BCUT2D eigenvalue weighted by molar-refractivity contribution is 8.28. The minimum absolute atomic E-state index is 0.618. The van der Waals surface area contributed by atoms with Crippen LogP contribution in [0.1, 0.15) is 38.5 Å². The van der Waals surface area contributed by atoms with Gasteiger partial charge in [0.15, 0.2) is 0 Å². The van der Waals surface area contributed by atoms with Gasteiger partial charge in [0.05, 0.1) is 0 Å². The van der Waals surface area contributed by atoms with E-state index in [1.807, 2.05) is 0 Å². The van der Waals surface area contributed by atoms with Crippen LogP contribution in [0.4, 0.5) is 0 Å². The molecule has 0 spiro atoms. The highest BCUT2D eigenvalue weighted by Crippen LogP contribution is 2.50. The first-order valence-corrected chi connectivity index (χ1v) is 8.81. The zero-order valence-electron chi connectivity index (χ0n) is 10.4. The lowest BCUT2D eigenvalue weighted by Crippen LogP contribution is -2.43. The van der Waals surface area contributed by atoms with Gasteiger partial charge in [-0.3, -0.25) is 8.61 Å². The number of rotatable bonds is 2. The highest BCUT2D eigenvalue weighted by Gasteiger charge is 2.30. The van der Waals surface area contributed by atoms with E-state index in [-0.39, 0.29) is 0 Å². The fourth-order valence-electron chi connectivity index (χ4n) is 2.79. The molecule has 0 saturated carbocycles. The van der Waals surface area contributed by atoms with Gasteiger partial charge in [-0.15, -0.1) is 10.4 Å². The fraction of sp³-hybridized carbons (Fsp3) is 1.00. The van der Waals surface area contributed by atoms with Crippen LogP contribution < -0.4 is 0 Å². The van der Waals surface area contributed by atoms with Crippen LogP contribution in [0.25, 0.3) is 0 Å². The second-order valence-electron chi connectivity index (χ2n) is 5.20. The molecule has 2 aliphatic rings. The van der Waals surface area contributed by atoms with Crippen LogP contribution >= 0.6 is 10.4 Å². The molecule has 3 heteroatoms. The summed E-state index contributed by atoms with van der Waals surface area (Å²) in [5.41, 5.74) is 0. The lowest BCUT2D eigenvalue weighted by Gasteiger charge is -2.53. The third-order valence-electron chi connectivity index (χ3n) is 3.89. The maximum atomic E-state index is 2.78. The molecule has 0 aromatic carbocycles. The molecule has 90 valence electrons. The van der Waals surface area contributed by atoms with Crippen molar-refractivity contribution in [1.82, 2.24) is 8.61 Å². The van der Waals surface area contributed by atoms with Gasteiger partial charge in [-0.05, 0) is 38.2 Å². The Morgan fingerprint density at radius 3 is 1.27 bits per heavy atom. The first-order valence-electron chi connectivity index (χ1n) is 6.45. The SMILES string of the molecule is CS(C)(N1CCCCC1)N1CCCCC1. The van der Waals surface area contributed by atoms with Crippen LogP contribution in [0.5, 0.6) is 0 Å². The molecule has 0 aliphatic carbocycles. The van der Waals surface area contributed by atoms with Crippen molar-refractivity contribution in [2.24, 2.45) is 0 Å². The van der Waals surface area contributed by atoms with Gasteiger partial charge in [-0.25, -0.2) is 0 Å². The van der Waals surface area contributed by atoms with Gasteiger partial charge < -0.3 is 0 Å². The second kappa shape index (κ2) is 5.07. The Balaban J connectivity index is 1.96. The van der Waals surface area contributed by atoms with Crippen molar-refractivity contribution in [2.75, 3.05) is 38.7 Å². The summed E-state index contributed by atoms with van der Waals surface area (Å²) in [6.45, 7) is 5.38. The zero-order valence-corrected chi connectivity index (χ0v) is 11.2. The third kappa shape index (κ3) is 2.69. The summed E-state index contributed by atoms with van der Waals surface area (Å²) in [5, 5.41) is 0. The smallest absolute Gasteiger partial charge is 0.00853 e. The number of hydrogen-bond donors (Lipinski definition) is 0. The molecule has 15 heavy (non-hydrogen) atoms. The van der Waals surface area contributed by atoms with E-state index < -0.39 is 10.4 Å². The summed E-state index contributed by atoms with van der Waals surface area (Å²) in [6.07, 6.45) is 13.6. The monoisotopic (exact) mass is 230 g/mol. The Bertz CT molecular complexity index is 174.